The summed E-state index contributed by atoms with van der Waals surface area (Å²) in [5.74, 6) is 0.516. The maximum absolute atomic E-state index is 12.3. The van der Waals surface area contributed by atoms with Crippen molar-refractivity contribution in [3.05, 3.63) is 17.1 Å². The topological polar surface area (TPSA) is 75.1 Å². The van der Waals surface area contributed by atoms with Gasteiger partial charge in [0.05, 0.1) is 11.3 Å². The van der Waals surface area contributed by atoms with Crippen LogP contribution in [0.3, 0.4) is 0 Å². The third kappa shape index (κ3) is 4.45. The van der Waals surface area contributed by atoms with Crippen LogP contribution in [0.15, 0.2) is 5.03 Å². The van der Waals surface area contributed by atoms with Gasteiger partial charge in [-0.1, -0.05) is 13.8 Å². The first-order valence-electron chi connectivity index (χ1n) is 6.59. The first-order valence-corrected chi connectivity index (χ1v) is 7.81. The Balaban J connectivity index is 2.88. The van der Waals surface area contributed by atoms with Gasteiger partial charge in [0.25, 0.3) is 5.91 Å². The van der Waals surface area contributed by atoms with E-state index in [1.165, 1.54) is 11.8 Å². The van der Waals surface area contributed by atoms with Gasteiger partial charge in [-0.2, -0.15) is 0 Å². The van der Waals surface area contributed by atoms with E-state index in [2.05, 4.69) is 15.3 Å². The van der Waals surface area contributed by atoms with E-state index in [4.69, 9.17) is 5.11 Å². The number of carbonyl (C=O) groups is 1. The predicted molar refractivity (Wildman–Crippen MR) is 81.1 cm³/mol. The molecule has 0 spiro atoms. The highest BCUT2D eigenvalue weighted by atomic mass is 32.2. The molecule has 5 nitrogen and oxygen atoms in total. The average Bonchev–Trinajstić information content (AvgIpc) is 2.35. The van der Waals surface area contributed by atoms with Gasteiger partial charge in [0, 0.05) is 13.2 Å². The molecule has 20 heavy (non-hydrogen) atoms. The van der Waals surface area contributed by atoms with E-state index in [1.54, 1.807) is 0 Å². The van der Waals surface area contributed by atoms with Crippen molar-refractivity contribution in [2.45, 2.75) is 39.1 Å². The maximum atomic E-state index is 12.3. The molecule has 0 bridgehead atoms. The number of carbonyl (C=O) groups excluding carboxylic acids is 1. The SMILES string of the molecule is CSc1nc(C)nc(C)c1C(=O)NCC(C)(C)CCO. The summed E-state index contributed by atoms with van der Waals surface area (Å²) in [6, 6.07) is 0. The predicted octanol–water partition coefficient (Wildman–Crippen LogP) is 1.95. The molecule has 0 radical (unpaired) electrons. The van der Waals surface area contributed by atoms with Gasteiger partial charge in [-0.15, -0.1) is 11.8 Å². The molecule has 1 amide bonds. The fraction of sp³-hybridized carbons (Fsp3) is 0.643. The number of nitrogens with zero attached hydrogens (tertiary/aromatic N) is 2. The van der Waals surface area contributed by atoms with Crippen LogP contribution in [0.5, 0.6) is 0 Å². The minimum Gasteiger partial charge on any atom is -0.396 e. The van der Waals surface area contributed by atoms with Gasteiger partial charge in [0.1, 0.15) is 10.9 Å². The number of thioether (sulfide) groups is 1. The van der Waals surface area contributed by atoms with E-state index < -0.39 is 0 Å². The number of aryl methyl sites for hydroxylation is 2. The summed E-state index contributed by atoms with van der Waals surface area (Å²) in [6.07, 6.45) is 2.54. The maximum Gasteiger partial charge on any atom is 0.255 e. The molecule has 0 unspecified atom stereocenters. The highest BCUT2D eigenvalue weighted by Crippen LogP contribution is 2.22. The second-order valence-electron chi connectivity index (χ2n) is 5.56. The normalized spacial score (nSPS) is 11.5. The average molecular weight is 297 g/mol. The molecule has 1 aromatic rings. The van der Waals surface area contributed by atoms with Crippen LogP contribution in [-0.4, -0.2) is 40.4 Å². The third-order valence-corrected chi connectivity index (χ3v) is 3.79. The Hall–Kier alpha value is -1.14. The lowest BCUT2D eigenvalue weighted by Crippen LogP contribution is -2.35. The van der Waals surface area contributed by atoms with E-state index in [1.807, 2.05) is 34.0 Å². The number of nitrogens with one attached hydrogen (secondary N) is 1. The van der Waals surface area contributed by atoms with Crippen LogP contribution in [0.1, 0.15) is 42.1 Å². The van der Waals surface area contributed by atoms with E-state index in [0.29, 0.717) is 35.1 Å². The Bertz CT molecular complexity index is 490. The highest BCUT2D eigenvalue weighted by Gasteiger charge is 2.22. The van der Waals surface area contributed by atoms with Crippen molar-refractivity contribution in [2.75, 3.05) is 19.4 Å². The van der Waals surface area contributed by atoms with Gasteiger partial charge in [0.2, 0.25) is 0 Å². The monoisotopic (exact) mass is 297 g/mol. The van der Waals surface area contributed by atoms with Crippen LogP contribution in [-0.2, 0) is 0 Å². The first kappa shape index (κ1) is 16.9. The summed E-state index contributed by atoms with van der Waals surface area (Å²) in [5.41, 5.74) is 1.10. The molecule has 1 rings (SSSR count). The van der Waals surface area contributed by atoms with Crippen LogP contribution in [0.4, 0.5) is 0 Å². The molecule has 0 aromatic carbocycles. The third-order valence-electron chi connectivity index (χ3n) is 3.11. The van der Waals surface area contributed by atoms with Crippen molar-refractivity contribution in [1.82, 2.24) is 15.3 Å². The van der Waals surface area contributed by atoms with Crippen LogP contribution in [0, 0.1) is 19.3 Å². The van der Waals surface area contributed by atoms with Crippen LogP contribution >= 0.6 is 11.8 Å². The van der Waals surface area contributed by atoms with E-state index in [0.717, 1.165) is 0 Å². The van der Waals surface area contributed by atoms with Crippen LogP contribution < -0.4 is 5.32 Å². The van der Waals surface area contributed by atoms with Gasteiger partial charge in [-0.25, -0.2) is 9.97 Å². The smallest absolute Gasteiger partial charge is 0.255 e. The lowest BCUT2D eigenvalue weighted by molar-refractivity contribution is 0.0923. The van der Waals surface area contributed by atoms with Crippen molar-refractivity contribution in [2.24, 2.45) is 5.41 Å². The number of hydrogen-bond acceptors (Lipinski definition) is 5. The van der Waals surface area contributed by atoms with E-state index in [9.17, 15) is 4.79 Å². The fourth-order valence-corrected chi connectivity index (χ4v) is 2.56. The summed E-state index contributed by atoms with van der Waals surface area (Å²) < 4.78 is 0. The summed E-state index contributed by atoms with van der Waals surface area (Å²) in [5, 5.41) is 12.6. The summed E-state index contributed by atoms with van der Waals surface area (Å²) >= 11 is 1.44. The van der Waals surface area contributed by atoms with Crippen molar-refractivity contribution in [3.8, 4) is 0 Å². The van der Waals surface area contributed by atoms with E-state index in [-0.39, 0.29) is 17.9 Å². The van der Waals surface area contributed by atoms with Crippen molar-refractivity contribution in [1.29, 1.82) is 0 Å². The molecule has 2 N–H and O–H groups in total. The lowest BCUT2D eigenvalue weighted by Gasteiger charge is -2.24. The molecular weight excluding hydrogens is 274 g/mol. The number of hydrogen-bond donors (Lipinski definition) is 2. The number of amides is 1. The Morgan fingerprint density at radius 2 is 2.00 bits per heavy atom. The van der Waals surface area contributed by atoms with Gasteiger partial charge in [0.15, 0.2) is 0 Å². The first-order chi connectivity index (χ1) is 9.30. The largest absolute Gasteiger partial charge is 0.396 e. The molecule has 0 aliphatic carbocycles. The fourth-order valence-electron chi connectivity index (χ4n) is 1.89. The standard InChI is InChI=1S/C14H23N3O2S/c1-9-11(13(20-5)17-10(2)16-9)12(19)15-8-14(3,4)6-7-18/h18H,6-8H2,1-5H3,(H,15,19). The zero-order valence-electron chi connectivity index (χ0n) is 12.8. The molecule has 6 heteroatoms. The molecule has 0 saturated carbocycles. The van der Waals surface area contributed by atoms with Gasteiger partial charge in [-0.05, 0) is 31.9 Å². The Morgan fingerprint density at radius 1 is 1.35 bits per heavy atom. The number of aliphatic hydroxyl groups is 1. The second-order valence-corrected chi connectivity index (χ2v) is 6.36. The molecule has 0 saturated heterocycles. The van der Waals surface area contributed by atoms with Gasteiger partial charge >= 0.3 is 0 Å². The molecule has 0 atom stereocenters. The number of aromatic nitrogens is 2. The Labute approximate surface area is 124 Å². The van der Waals surface area contributed by atoms with Crippen LogP contribution in [0.2, 0.25) is 0 Å². The van der Waals surface area contributed by atoms with Crippen LogP contribution in [0.25, 0.3) is 0 Å². The lowest BCUT2D eigenvalue weighted by atomic mass is 9.89. The molecule has 0 aliphatic rings. The highest BCUT2D eigenvalue weighted by molar-refractivity contribution is 7.98. The molecule has 1 heterocycles. The Kier molecular flexibility index (Phi) is 5.95. The Morgan fingerprint density at radius 3 is 2.55 bits per heavy atom. The summed E-state index contributed by atoms with van der Waals surface area (Å²) in [6.45, 7) is 8.29. The quantitative estimate of drug-likeness (QED) is 0.620. The van der Waals surface area contributed by atoms with Crippen molar-refractivity contribution in [3.63, 3.8) is 0 Å². The zero-order valence-corrected chi connectivity index (χ0v) is 13.6. The van der Waals surface area contributed by atoms with Crippen molar-refractivity contribution < 1.29 is 9.90 Å². The molecule has 0 fully saturated rings. The molecular formula is C14H23N3O2S. The van der Waals surface area contributed by atoms with Gasteiger partial charge < -0.3 is 10.4 Å². The zero-order chi connectivity index (χ0) is 15.3. The minimum atomic E-state index is -0.155. The summed E-state index contributed by atoms with van der Waals surface area (Å²) in [4.78, 5) is 20.9. The number of aliphatic hydroxyl groups excluding tert-OH is 1. The molecule has 1 aromatic heterocycles. The molecule has 0 aliphatic heterocycles. The summed E-state index contributed by atoms with van der Waals surface area (Å²) in [7, 11) is 0. The number of rotatable bonds is 6. The van der Waals surface area contributed by atoms with Gasteiger partial charge in [-0.3, -0.25) is 4.79 Å². The minimum absolute atomic E-state index is 0.117. The van der Waals surface area contributed by atoms with Crippen molar-refractivity contribution >= 4 is 17.7 Å². The van der Waals surface area contributed by atoms with E-state index >= 15 is 0 Å². The molecule has 112 valence electrons. The second kappa shape index (κ2) is 7.04.